The van der Waals surface area contributed by atoms with Crippen molar-refractivity contribution in [3.05, 3.63) is 32.6 Å². The van der Waals surface area contributed by atoms with Gasteiger partial charge in [-0.3, -0.25) is 0 Å². The second kappa shape index (κ2) is 10.5. The van der Waals surface area contributed by atoms with Crippen LogP contribution in [0, 0.1) is 0 Å². The van der Waals surface area contributed by atoms with Crippen LogP contribution in [-0.2, 0) is 33.3 Å². The van der Waals surface area contributed by atoms with Gasteiger partial charge in [-0.1, -0.05) is 0 Å². The van der Waals surface area contributed by atoms with E-state index in [1.54, 1.807) is 0 Å². The normalized spacial score (nSPS) is 22.5. The molecule has 1 fully saturated rings. The topological polar surface area (TPSA) is 160 Å². The molecule has 0 aromatic carbocycles. The quantitative estimate of drug-likeness (QED) is 0.216. The number of nitrogens with zero attached hydrogens (tertiary/aromatic N) is 1. The molecule has 1 aromatic heterocycles. The minimum absolute atomic E-state index is 0.214. The van der Waals surface area contributed by atoms with Gasteiger partial charge in [-0.2, -0.15) is 0 Å². The molecule has 0 aliphatic carbocycles. The van der Waals surface area contributed by atoms with Gasteiger partial charge < -0.3 is 0 Å². The molecule has 182 valence electrons. The Kier molecular flexibility index (Phi) is 8.41. The Morgan fingerprint density at radius 1 is 1.00 bits per heavy atom. The van der Waals surface area contributed by atoms with Gasteiger partial charge in [0.2, 0.25) is 0 Å². The van der Waals surface area contributed by atoms with Crippen LogP contribution in [0.25, 0.3) is 0 Å². The molecule has 2 rings (SSSR count). The van der Waals surface area contributed by atoms with Crippen LogP contribution in [0.4, 0.5) is 0 Å². The fourth-order valence-corrected chi connectivity index (χ4v) is 5.79. The van der Waals surface area contributed by atoms with E-state index in [4.69, 9.17) is 18.9 Å². The first kappa shape index (κ1) is 26.5. The molecule has 33 heavy (non-hydrogen) atoms. The number of aromatic nitrogens is 2. The zero-order valence-corrected chi connectivity index (χ0v) is 21.4. The Hall–Kier alpha value is -2.74. The van der Waals surface area contributed by atoms with Crippen molar-refractivity contribution < 1.29 is 38.1 Å². The number of carbonyl (C=O) groups excluding carboxylic acids is 4. The molecule has 0 radical (unpaired) electrons. The molecule has 1 aliphatic rings. The Morgan fingerprint density at radius 3 is 2.09 bits per heavy atom. The number of ether oxygens (including phenoxy) is 4. The molecule has 0 unspecified atom stereocenters. The average molecular weight is 529 g/mol. The summed E-state index contributed by atoms with van der Waals surface area (Å²) in [5, 5.41) is 0.214. The van der Waals surface area contributed by atoms with E-state index in [2.05, 4.69) is 4.98 Å². The fraction of sp³-hybridized carbons (Fsp3) is 0.600. The molecule has 1 N–H and O–H groups in total. The van der Waals surface area contributed by atoms with E-state index in [9.17, 15) is 28.8 Å². The third kappa shape index (κ3) is 7.12. The molecule has 12 nitrogen and oxygen atoms in total. The van der Waals surface area contributed by atoms with Gasteiger partial charge in [0.15, 0.2) is 0 Å². The predicted octanol–water partition coefficient (Wildman–Crippen LogP) is 0.381. The van der Waals surface area contributed by atoms with Gasteiger partial charge in [0.25, 0.3) is 0 Å². The van der Waals surface area contributed by atoms with E-state index >= 15 is 0 Å². The maximum absolute atomic E-state index is 12.7. The monoisotopic (exact) mass is 530 g/mol. The summed E-state index contributed by atoms with van der Waals surface area (Å²) in [5.41, 5.74) is -2.01. The van der Waals surface area contributed by atoms with Crippen LogP contribution in [0.2, 0.25) is 22.5 Å². The van der Waals surface area contributed by atoms with Crippen LogP contribution >= 0.6 is 0 Å². The molecular formula is C20H28GeN2O10. The summed E-state index contributed by atoms with van der Waals surface area (Å²) in [5.74, 6) is 3.47. The molecule has 13 heteroatoms. The SMILES string of the molecule is CC(=O)OC[C@H]1O[C@@H](n2cc(C(=O)[CH2][Ge]([CH3])([CH3])[CH3])c(=O)[nH]c2=O)[C@@H](OC(C)=O)[C@@H]1OC(C)=O. The molecule has 0 amide bonds. The number of ketones is 1. The number of hydrogen-bond acceptors (Lipinski definition) is 10. The van der Waals surface area contributed by atoms with Crippen molar-refractivity contribution in [2.24, 2.45) is 0 Å². The average Bonchev–Trinajstić information content (AvgIpc) is 2.94. The van der Waals surface area contributed by atoms with E-state index in [0.717, 1.165) is 24.6 Å². The summed E-state index contributed by atoms with van der Waals surface area (Å²) in [4.78, 5) is 74.4. The standard InChI is InChI=1S/C20H28GeN2O10/c1-10(24)30-9-15-16(31-11(2)25)17(32-12(3)26)19(33-15)23-8-13(18(28)22-20(23)29)14(27)7-21(4,5)6/h8,15-17,19H,7,9H2,1-6H3,(H,22,28,29)/t15-,16-,17+,19-/m1/s1. The van der Waals surface area contributed by atoms with Gasteiger partial charge in [-0.15, -0.1) is 0 Å². The third-order valence-electron chi connectivity index (χ3n) is 4.57. The summed E-state index contributed by atoms with van der Waals surface area (Å²) in [6.45, 7) is 3.05. The van der Waals surface area contributed by atoms with Gasteiger partial charge in [0.1, 0.15) is 0 Å². The van der Waals surface area contributed by atoms with E-state index in [-0.39, 0.29) is 17.4 Å². The van der Waals surface area contributed by atoms with Crippen molar-refractivity contribution in [1.29, 1.82) is 0 Å². The number of carbonyl (C=O) groups is 4. The maximum atomic E-state index is 12.7. The Morgan fingerprint density at radius 2 is 1.58 bits per heavy atom. The molecule has 1 saturated heterocycles. The van der Waals surface area contributed by atoms with Crippen LogP contribution in [0.5, 0.6) is 0 Å². The van der Waals surface area contributed by atoms with Gasteiger partial charge in [0, 0.05) is 0 Å². The van der Waals surface area contributed by atoms with E-state index in [1.165, 1.54) is 6.92 Å². The molecule has 1 aromatic rings. The first-order valence-electron chi connectivity index (χ1n) is 10.2. The molecular weight excluding hydrogens is 501 g/mol. The summed E-state index contributed by atoms with van der Waals surface area (Å²) in [7, 11) is 0. The third-order valence-corrected chi connectivity index (χ3v) is 7.47. The van der Waals surface area contributed by atoms with Crippen molar-refractivity contribution in [3.63, 3.8) is 0 Å². The Labute approximate surface area is 191 Å². The van der Waals surface area contributed by atoms with Crippen molar-refractivity contribution in [1.82, 2.24) is 9.55 Å². The number of Topliss-reactive ketones (excluding diaryl/α,β-unsaturated/α-hetero) is 1. The molecule has 2 heterocycles. The van der Waals surface area contributed by atoms with Crippen molar-refractivity contribution >= 4 is 37.0 Å². The van der Waals surface area contributed by atoms with Crippen LogP contribution < -0.4 is 11.2 Å². The zero-order valence-electron chi connectivity index (χ0n) is 19.3. The molecule has 0 bridgehead atoms. The first-order chi connectivity index (χ1) is 15.2. The van der Waals surface area contributed by atoms with E-state index < -0.39 is 72.7 Å². The molecule has 4 atom stereocenters. The molecule has 0 spiro atoms. The van der Waals surface area contributed by atoms with E-state index in [0.29, 0.717) is 0 Å². The Bertz CT molecular complexity index is 1050. The van der Waals surface area contributed by atoms with Gasteiger partial charge >= 0.3 is 192 Å². The van der Waals surface area contributed by atoms with Crippen molar-refractivity contribution in [2.75, 3.05) is 6.61 Å². The van der Waals surface area contributed by atoms with Gasteiger partial charge in [-0.25, -0.2) is 0 Å². The second-order valence-electron chi connectivity index (χ2n) is 8.89. The summed E-state index contributed by atoms with van der Waals surface area (Å²) >= 11 is -2.39. The van der Waals surface area contributed by atoms with Crippen LogP contribution in [0.1, 0.15) is 37.4 Å². The predicted molar refractivity (Wildman–Crippen MR) is 115 cm³/mol. The minimum atomic E-state index is -2.39. The number of hydrogen-bond donors (Lipinski definition) is 1. The van der Waals surface area contributed by atoms with Crippen LogP contribution in [-0.4, -0.2) is 71.4 Å². The van der Waals surface area contributed by atoms with Crippen LogP contribution in [0.15, 0.2) is 15.8 Å². The first-order valence-corrected chi connectivity index (χ1v) is 18.0. The van der Waals surface area contributed by atoms with Gasteiger partial charge in [0.05, 0.1) is 0 Å². The molecule has 0 saturated carbocycles. The summed E-state index contributed by atoms with van der Waals surface area (Å²) in [6, 6.07) is 0. The van der Waals surface area contributed by atoms with Crippen molar-refractivity contribution in [3.8, 4) is 0 Å². The van der Waals surface area contributed by atoms with Crippen molar-refractivity contribution in [2.45, 2.75) is 67.8 Å². The number of nitrogens with one attached hydrogen (secondary N) is 1. The van der Waals surface area contributed by atoms with Crippen LogP contribution in [0.3, 0.4) is 0 Å². The van der Waals surface area contributed by atoms with E-state index in [1.807, 2.05) is 17.3 Å². The summed E-state index contributed by atoms with van der Waals surface area (Å²) < 4.78 is 22.2. The zero-order chi connectivity index (χ0) is 25.1. The number of esters is 3. The summed E-state index contributed by atoms with van der Waals surface area (Å²) in [6.07, 6.45) is -3.95. The number of H-pyrrole nitrogens is 1. The fourth-order valence-electron chi connectivity index (χ4n) is 3.37. The van der Waals surface area contributed by atoms with Gasteiger partial charge in [-0.05, 0) is 0 Å². The number of aromatic amines is 1. The Balaban J connectivity index is 2.55. The molecule has 1 aliphatic heterocycles. The second-order valence-corrected chi connectivity index (χ2v) is 20.4. The number of rotatable bonds is 8.